The van der Waals surface area contributed by atoms with E-state index in [9.17, 15) is 14.0 Å². The highest BCUT2D eigenvalue weighted by atomic mass is 32.2. The van der Waals surface area contributed by atoms with Crippen LogP contribution in [0.25, 0.3) is 10.2 Å². The molecule has 28 heavy (non-hydrogen) atoms. The van der Waals surface area contributed by atoms with Gasteiger partial charge < -0.3 is 10.6 Å². The van der Waals surface area contributed by atoms with Gasteiger partial charge in [0.2, 0.25) is 5.91 Å². The number of carbonyl (C=O) groups excluding carboxylic acids is 2. The first-order chi connectivity index (χ1) is 13.6. The highest BCUT2D eigenvalue weighted by Crippen LogP contribution is 2.28. The van der Waals surface area contributed by atoms with E-state index in [-0.39, 0.29) is 18.5 Å². The lowest BCUT2D eigenvalue weighted by molar-refractivity contribution is -0.120. The SMILES string of the molecule is CSCC[C@@H](NC(=O)CNC(=O)c1ccc(F)cc1)c1nc2ccccc2s1. The van der Waals surface area contributed by atoms with Crippen molar-refractivity contribution >= 4 is 45.1 Å². The summed E-state index contributed by atoms with van der Waals surface area (Å²) in [5.74, 6) is -0.249. The highest BCUT2D eigenvalue weighted by molar-refractivity contribution is 7.98. The van der Waals surface area contributed by atoms with Gasteiger partial charge in [0, 0.05) is 5.56 Å². The van der Waals surface area contributed by atoms with E-state index >= 15 is 0 Å². The van der Waals surface area contributed by atoms with Gasteiger partial charge in [0.05, 0.1) is 22.8 Å². The van der Waals surface area contributed by atoms with Gasteiger partial charge in [0.25, 0.3) is 5.91 Å². The Kier molecular flexibility index (Phi) is 7.00. The Balaban J connectivity index is 1.62. The van der Waals surface area contributed by atoms with E-state index in [0.29, 0.717) is 5.56 Å². The van der Waals surface area contributed by atoms with Crippen LogP contribution in [0.1, 0.15) is 27.8 Å². The molecule has 0 aliphatic rings. The summed E-state index contributed by atoms with van der Waals surface area (Å²) >= 11 is 3.26. The number of carbonyl (C=O) groups is 2. The van der Waals surface area contributed by atoms with Gasteiger partial charge in [-0.2, -0.15) is 11.8 Å². The summed E-state index contributed by atoms with van der Waals surface area (Å²) in [6, 6.07) is 12.8. The number of benzene rings is 2. The highest BCUT2D eigenvalue weighted by Gasteiger charge is 2.19. The van der Waals surface area contributed by atoms with E-state index in [1.807, 2.05) is 30.5 Å². The molecule has 1 aromatic heterocycles. The Morgan fingerprint density at radius 3 is 2.64 bits per heavy atom. The molecule has 3 aromatic rings. The van der Waals surface area contributed by atoms with Crippen molar-refractivity contribution in [2.24, 2.45) is 0 Å². The molecule has 0 aliphatic heterocycles. The minimum absolute atomic E-state index is 0.156. The summed E-state index contributed by atoms with van der Waals surface area (Å²) in [6.45, 7) is -0.156. The molecular weight excluding hydrogens is 397 g/mol. The zero-order valence-corrected chi connectivity index (χ0v) is 16.9. The van der Waals surface area contributed by atoms with Gasteiger partial charge in [-0.3, -0.25) is 9.59 Å². The molecule has 0 bridgehead atoms. The number of aromatic nitrogens is 1. The lowest BCUT2D eigenvalue weighted by Crippen LogP contribution is -2.38. The summed E-state index contributed by atoms with van der Waals surface area (Å²) in [4.78, 5) is 29.1. The third-order valence-corrected chi connectivity index (χ3v) is 5.86. The predicted octanol–water partition coefficient (Wildman–Crippen LogP) is 3.78. The number of rotatable bonds is 8. The number of fused-ring (bicyclic) bond motifs is 1. The van der Waals surface area contributed by atoms with Crippen molar-refractivity contribution in [2.75, 3.05) is 18.6 Å². The molecule has 1 atom stereocenters. The molecule has 2 amide bonds. The molecule has 0 unspecified atom stereocenters. The van der Waals surface area contributed by atoms with Crippen LogP contribution in [-0.4, -0.2) is 35.4 Å². The molecule has 0 saturated carbocycles. The van der Waals surface area contributed by atoms with Gasteiger partial charge in [0.15, 0.2) is 0 Å². The quantitative estimate of drug-likeness (QED) is 0.585. The average molecular weight is 418 g/mol. The van der Waals surface area contributed by atoms with Gasteiger partial charge in [-0.05, 0) is 54.8 Å². The van der Waals surface area contributed by atoms with Gasteiger partial charge in [-0.1, -0.05) is 12.1 Å². The summed E-state index contributed by atoms with van der Waals surface area (Å²) in [6.07, 6.45) is 2.76. The topological polar surface area (TPSA) is 71.1 Å². The second-order valence-corrected chi connectivity index (χ2v) is 8.16. The number of thiazole rings is 1. The molecule has 0 aliphatic carbocycles. The lowest BCUT2D eigenvalue weighted by atomic mass is 10.2. The van der Waals surface area contributed by atoms with E-state index in [1.165, 1.54) is 24.3 Å². The second kappa shape index (κ2) is 9.66. The number of nitrogens with one attached hydrogen (secondary N) is 2. The first-order valence-corrected chi connectivity index (χ1v) is 11.0. The van der Waals surface area contributed by atoms with Crippen LogP contribution >= 0.6 is 23.1 Å². The van der Waals surface area contributed by atoms with Crippen molar-refractivity contribution < 1.29 is 14.0 Å². The van der Waals surface area contributed by atoms with E-state index in [4.69, 9.17) is 0 Å². The first kappa shape index (κ1) is 20.3. The van der Waals surface area contributed by atoms with Gasteiger partial charge in [-0.15, -0.1) is 11.3 Å². The van der Waals surface area contributed by atoms with Crippen molar-refractivity contribution in [3.05, 3.63) is 64.9 Å². The standard InChI is InChI=1S/C20H20FN3O2S2/c1-27-11-10-16(20-24-15-4-2-3-5-17(15)28-20)23-18(25)12-22-19(26)13-6-8-14(21)9-7-13/h2-9,16H,10-12H2,1H3,(H,22,26)(H,23,25)/t16-/m1/s1. The fourth-order valence-electron chi connectivity index (χ4n) is 2.64. The Morgan fingerprint density at radius 2 is 1.93 bits per heavy atom. The molecule has 3 rings (SSSR count). The minimum Gasteiger partial charge on any atom is -0.345 e. The molecule has 146 valence electrons. The molecular formula is C20H20FN3O2S2. The number of thioether (sulfide) groups is 1. The number of para-hydroxylation sites is 1. The Labute approximate surface area is 170 Å². The monoisotopic (exact) mass is 417 g/mol. The van der Waals surface area contributed by atoms with Crippen LogP contribution in [0.4, 0.5) is 4.39 Å². The Morgan fingerprint density at radius 1 is 1.18 bits per heavy atom. The number of amides is 2. The molecule has 5 nitrogen and oxygen atoms in total. The zero-order chi connectivity index (χ0) is 19.9. The van der Waals surface area contributed by atoms with E-state index in [0.717, 1.165) is 27.4 Å². The normalized spacial score (nSPS) is 11.9. The average Bonchev–Trinajstić information content (AvgIpc) is 3.14. The van der Waals surface area contributed by atoms with Crippen molar-refractivity contribution in [3.63, 3.8) is 0 Å². The predicted molar refractivity (Wildman–Crippen MR) is 112 cm³/mol. The minimum atomic E-state index is -0.421. The first-order valence-electron chi connectivity index (χ1n) is 8.74. The summed E-state index contributed by atoms with van der Waals surface area (Å²) in [5, 5.41) is 6.38. The van der Waals surface area contributed by atoms with Crippen molar-refractivity contribution in [1.29, 1.82) is 0 Å². The summed E-state index contributed by atoms with van der Waals surface area (Å²) < 4.78 is 14.0. The van der Waals surface area contributed by atoms with Crippen molar-refractivity contribution in [2.45, 2.75) is 12.5 Å². The second-order valence-electron chi connectivity index (χ2n) is 6.11. The number of nitrogens with zero attached hydrogens (tertiary/aromatic N) is 1. The maximum Gasteiger partial charge on any atom is 0.251 e. The molecule has 1 heterocycles. The Bertz CT molecular complexity index is 926. The molecule has 0 spiro atoms. The summed E-state index contributed by atoms with van der Waals surface area (Å²) in [7, 11) is 0. The van der Waals surface area contributed by atoms with Crippen molar-refractivity contribution in [1.82, 2.24) is 15.6 Å². The molecule has 0 fully saturated rings. The maximum absolute atomic E-state index is 12.9. The van der Waals surface area contributed by atoms with Crippen LogP contribution in [0.2, 0.25) is 0 Å². The van der Waals surface area contributed by atoms with Gasteiger partial charge >= 0.3 is 0 Å². The van der Waals surface area contributed by atoms with Gasteiger partial charge in [0.1, 0.15) is 10.8 Å². The Hall–Kier alpha value is -2.45. The molecule has 0 saturated heterocycles. The number of hydrogen-bond donors (Lipinski definition) is 2. The van der Waals surface area contributed by atoms with Crippen molar-refractivity contribution in [3.8, 4) is 0 Å². The number of halogens is 1. The van der Waals surface area contributed by atoms with Crippen LogP contribution in [0.15, 0.2) is 48.5 Å². The molecule has 0 radical (unpaired) electrons. The fraction of sp³-hybridized carbons (Fsp3) is 0.250. The number of hydrogen-bond acceptors (Lipinski definition) is 5. The van der Waals surface area contributed by atoms with Crippen LogP contribution < -0.4 is 10.6 Å². The molecule has 8 heteroatoms. The van der Waals surface area contributed by atoms with Crippen LogP contribution in [0, 0.1) is 5.82 Å². The van der Waals surface area contributed by atoms with E-state index in [2.05, 4.69) is 15.6 Å². The van der Waals surface area contributed by atoms with E-state index < -0.39 is 11.7 Å². The van der Waals surface area contributed by atoms with Crippen LogP contribution in [-0.2, 0) is 4.79 Å². The third-order valence-electron chi connectivity index (χ3n) is 4.07. The van der Waals surface area contributed by atoms with Crippen LogP contribution in [0.5, 0.6) is 0 Å². The molecule has 2 aromatic carbocycles. The lowest BCUT2D eigenvalue weighted by Gasteiger charge is -2.16. The third kappa shape index (κ3) is 5.30. The smallest absolute Gasteiger partial charge is 0.251 e. The van der Waals surface area contributed by atoms with Crippen LogP contribution in [0.3, 0.4) is 0 Å². The molecule has 2 N–H and O–H groups in total. The fourth-order valence-corrected chi connectivity index (χ4v) is 4.17. The largest absolute Gasteiger partial charge is 0.345 e. The zero-order valence-electron chi connectivity index (χ0n) is 15.3. The van der Waals surface area contributed by atoms with Gasteiger partial charge in [-0.25, -0.2) is 9.37 Å². The summed E-state index contributed by atoms with van der Waals surface area (Å²) in [5.41, 5.74) is 1.22. The van der Waals surface area contributed by atoms with E-state index in [1.54, 1.807) is 23.1 Å². The maximum atomic E-state index is 12.9.